The first kappa shape index (κ1) is 16.2. The van der Waals surface area contributed by atoms with Gasteiger partial charge in [-0.2, -0.15) is 0 Å². The van der Waals surface area contributed by atoms with Crippen molar-refractivity contribution in [2.24, 2.45) is 5.92 Å². The number of carbonyl (C=O) groups excluding carboxylic acids is 1. The third kappa shape index (κ3) is 6.00. The van der Waals surface area contributed by atoms with Crippen molar-refractivity contribution >= 4 is 17.8 Å². The fraction of sp³-hybridized carbons (Fsp3) is 0.588. The van der Waals surface area contributed by atoms with Gasteiger partial charge in [-0.15, -0.1) is 11.8 Å². The van der Waals surface area contributed by atoms with Crippen LogP contribution in [0.25, 0.3) is 0 Å². The summed E-state index contributed by atoms with van der Waals surface area (Å²) < 4.78 is 0. The summed E-state index contributed by atoms with van der Waals surface area (Å²) in [6, 6.07) is 10.7. The minimum atomic E-state index is -0.00142. The zero-order valence-electron chi connectivity index (χ0n) is 12.8. The smallest absolute Gasteiger partial charge is 0.315 e. The van der Waals surface area contributed by atoms with E-state index >= 15 is 0 Å². The van der Waals surface area contributed by atoms with Gasteiger partial charge in [0.05, 0.1) is 0 Å². The van der Waals surface area contributed by atoms with E-state index in [0.29, 0.717) is 12.0 Å². The van der Waals surface area contributed by atoms with Crippen LogP contribution in [0.4, 0.5) is 4.79 Å². The molecule has 1 aliphatic rings. The van der Waals surface area contributed by atoms with Crippen LogP contribution in [0.15, 0.2) is 35.2 Å². The number of amides is 2. The summed E-state index contributed by atoms with van der Waals surface area (Å²) in [5.74, 6) is 1.64. The summed E-state index contributed by atoms with van der Waals surface area (Å²) in [5.41, 5.74) is 0. The van der Waals surface area contributed by atoms with Crippen LogP contribution in [0.1, 0.15) is 39.0 Å². The van der Waals surface area contributed by atoms with E-state index < -0.39 is 0 Å². The van der Waals surface area contributed by atoms with Crippen LogP contribution in [0.3, 0.4) is 0 Å². The van der Waals surface area contributed by atoms with E-state index in [2.05, 4.69) is 41.8 Å². The van der Waals surface area contributed by atoms with Crippen molar-refractivity contribution in [3.05, 3.63) is 30.3 Å². The van der Waals surface area contributed by atoms with Crippen molar-refractivity contribution < 1.29 is 4.79 Å². The largest absolute Gasteiger partial charge is 0.338 e. The number of hydrogen-bond acceptors (Lipinski definition) is 2. The van der Waals surface area contributed by atoms with Crippen LogP contribution in [-0.2, 0) is 0 Å². The molecular formula is C17H26N2OS. The molecule has 1 aromatic carbocycles. The third-order valence-corrected chi connectivity index (χ3v) is 5.14. The Morgan fingerprint density at radius 1 is 1.24 bits per heavy atom. The van der Waals surface area contributed by atoms with Crippen LogP contribution in [0.2, 0.25) is 0 Å². The molecule has 21 heavy (non-hydrogen) atoms. The fourth-order valence-corrected chi connectivity index (χ4v) is 3.60. The monoisotopic (exact) mass is 306 g/mol. The Bertz CT molecular complexity index is 424. The van der Waals surface area contributed by atoms with Gasteiger partial charge < -0.3 is 10.6 Å². The fourth-order valence-electron chi connectivity index (χ4n) is 2.73. The van der Waals surface area contributed by atoms with Gasteiger partial charge in [-0.1, -0.05) is 38.0 Å². The second kappa shape index (κ2) is 8.98. The molecule has 1 aliphatic carbocycles. The molecule has 0 spiro atoms. The lowest BCUT2D eigenvalue weighted by molar-refractivity contribution is 0.222. The molecule has 2 amide bonds. The number of thioether (sulfide) groups is 1. The molecule has 4 heteroatoms. The van der Waals surface area contributed by atoms with Crippen LogP contribution >= 0.6 is 11.8 Å². The molecule has 2 atom stereocenters. The van der Waals surface area contributed by atoms with E-state index in [4.69, 9.17) is 0 Å². The van der Waals surface area contributed by atoms with Gasteiger partial charge in [0.1, 0.15) is 0 Å². The zero-order valence-corrected chi connectivity index (χ0v) is 13.6. The first-order valence-corrected chi connectivity index (χ1v) is 8.96. The maximum Gasteiger partial charge on any atom is 0.315 e. The van der Waals surface area contributed by atoms with Crippen molar-refractivity contribution in [1.82, 2.24) is 10.6 Å². The molecule has 0 saturated heterocycles. The number of hydrogen-bond donors (Lipinski definition) is 2. The predicted molar refractivity (Wildman–Crippen MR) is 89.7 cm³/mol. The average molecular weight is 306 g/mol. The van der Waals surface area contributed by atoms with E-state index in [1.807, 2.05) is 17.8 Å². The van der Waals surface area contributed by atoms with Crippen LogP contribution in [0, 0.1) is 5.92 Å². The normalized spacial score (nSPS) is 21.8. The van der Waals surface area contributed by atoms with Gasteiger partial charge in [0.2, 0.25) is 0 Å². The van der Waals surface area contributed by atoms with Gasteiger partial charge in [-0.25, -0.2) is 4.79 Å². The maximum absolute atomic E-state index is 11.9. The molecule has 2 rings (SSSR count). The average Bonchev–Trinajstić information content (AvgIpc) is 2.50. The second-order valence-electron chi connectivity index (χ2n) is 5.78. The van der Waals surface area contributed by atoms with Crippen LogP contribution in [-0.4, -0.2) is 24.4 Å². The van der Waals surface area contributed by atoms with E-state index in [0.717, 1.165) is 25.1 Å². The lowest BCUT2D eigenvalue weighted by Gasteiger charge is -2.29. The first-order chi connectivity index (χ1) is 10.3. The zero-order chi connectivity index (χ0) is 14.9. The Labute approximate surface area is 132 Å². The Hall–Kier alpha value is -1.16. The highest BCUT2D eigenvalue weighted by Gasteiger charge is 2.22. The quantitative estimate of drug-likeness (QED) is 0.615. The minimum absolute atomic E-state index is 0.00142. The molecule has 3 nitrogen and oxygen atoms in total. The standard InChI is InChI=1S/C17H26N2OS/c1-14-8-5-6-11-16(14)19-17(20)18-12-7-13-21-15-9-3-2-4-10-15/h2-4,9-10,14,16H,5-8,11-13H2,1H3,(H2,18,19,20). The Balaban J connectivity index is 1.55. The summed E-state index contributed by atoms with van der Waals surface area (Å²) >= 11 is 1.84. The van der Waals surface area contributed by atoms with Crippen molar-refractivity contribution in [2.45, 2.75) is 50.0 Å². The molecule has 116 valence electrons. The molecule has 2 unspecified atom stereocenters. The molecular weight excluding hydrogens is 280 g/mol. The molecule has 1 saturated carbocycles. The summed E-state index contributed by atoms with van der Waals surface area (Å²) in [6.07, 6.45) is 5.89. The lowest BCUT2D eigenvalue weighted by atomic mass is 9.86. The molecule has 1 aromatic rings. The van der Waals surface area contributed by atoms with Crippen molar-refractivity contribution in [3.8, 4) is 0 Å². The third-order valence-electron chi connectivity index (χ3n) is 4.05. The minimum Gasteiger partial charge on any atom is -0.338 e. The second-order valence-corrected chi connectivity index (χ2v) is 6.95. The Morgan fingerprint density at radius 3 is 2.76 bits per heavy atom. The summed E-state index contributed by atoms with van der Waals surface area (Å²) in [5, 5.41) is 6.09. The highest BCUT2D eigenvalue weighted by Crippen LogP contribution is 2.23. The maximum atomic E-state index is 11.9. The molecule has 1 fully saturated rings. The molecule has 0 aliphatic heterocycles. The molecule has 0 bridgehead atoms. The van der Waals surface area contributed by atoms with E-state index in [1.165, 1.54) is 24.2 Å². The van der Waals surface area contributed by atoms with Crippen molar-refractivity contribution in [1.29, 1.82) is 0 Å². The van der Waals surface area contributed by atoms with Crippen LogP contribution in [0.5, 0.6) is 0 Å². The Morgan fingerprint density at radius 2 is 2.00 bits per heavy atom. The van der Waals surface area contributed by atoms with Crippen LogP contribution < -0.4 is 10.6 Å². The van der Waals surface area contributed by atoms with Gasteiger partial charge in [0, 0.05) is 17.5 Å². The summed E-state index contributed by atoms with van der Waals surface area (Å²) in [7, 11) is 0. The number of rotatable bonds is 6. The highest BCUT2D eigenvalue weighted by molar-refractivity contribution is 7.99. The van der Waals surface area contributed by atoms with Gasteiger partial charge in [-0.05, 0) is 43.1 Å². The van der Waals surface area contributed by atoms with Gasteiger partial charge in [0.25, 0.3) is 0 Å². The number of urea groups is 1. The van der Waals surface area contributed by atoms with Gasteiger partial charge >= 0.3 is 6.03 Å². The topological polar surface area (TPSA) is 41.1 Å². The van der Waals surface area contributed by atoms with E-state index in [1.54, 1.807) is 0 Å². The van der Waals surface area contributed by atoms with E-state index in [9.17, 15) is 4.79 Å². The Kier molecular flexibility index (Phi) is 6.93. The molecule has 0 radical (unpaired) electrons. The number of carbonyl (C=O) groups is 1. The summed E-state index contributed by atoms with van der Waals surface area (Å²) in [4.78, 5) is 13.2. The summed E-state index contributed by atoms with van der Waals surface area (Å²) in [6.45, 7) is 2.98. The molecule has 0 aromatic heterocycles. The number of benzene rings is 1. The molecule has 2 N–H and O–H groups in total. The predicted octanol–water partition coefficient (Wildman–Crippen LogP) is 4.05. The van der Waals surface area contributed by atoms with Gasteiger partial charge in [0.15, 0.2) is 0 Å². The van der Waals surface area contributed by atoms with Gasteiger partial charge in [-0.3, -0.25) is 0 Å². The first-order valence-electron chi connectivity index (χ1n) is 7.98. The number of nitrogens with one attached hydrogen (secondary N) is 2. The van der Waals surface area contributed by atoms with Crippen molar-refractivity contribution in [3.63, 3.8) is 0 Å². The van der Waals surface area contributed by atoms with Crippen molar-refractivity contribution in [2.75, 3.05) is 12.3 Å². The highest BCUT2D eigenvalue weighted by atomic mass is 32.2. The van der Waals surface area contributed by atoms with E-state index in [-0.39, 0.29) is 6.03 Å². The SMILES string of the molecule is CC1CCCCC1NC(=O)NCCCSc1ccccc1. The molecule has 0 heterocycles. The lowest BCUT2D eigenvalue weighted by Crippen LogP contribution is -2.46.